The van der Waals surface area contributed by atoms with E-state index < -0.39 is 0 Å². The van der Waals surface area contributed by atoms with Gasteiger partial charge in [0, 0.05) is 13.2 Å². The molecule has 0 heterocycles. The molecule has 0 saturated carbocycles. The standard InChI is InChI=1S/C13H29NO2/c1-5-6-12(4)9-16-10-13(15)8-14-7-11(2)3/h11-15H,5-10H2,1-4H3. The second-order valence-corrected chi connectivity index (χ2v) is 5.14. The van der Waals surface area contributed by atoms with E-state index in [1.807, 2.05) is 0 Å². The van der Waals surface area contributed by atoms with Crippen molar-refractivity contribution in [2.24, 2.45) is 11.8 Å². The van der Waals surface area contributed by atoms with E-state index in [2.05, 4.69) is 33.0 Å². The third-order valence-corrected chi connectivity index (χ3v) is 2.43. The highest BCUT2D eigenvalue weighted by Gasteiger charge is 2.06. The number of ether oxygens (including phenoxy) is 1. The molecule has 0 aromatic carbocycles. The Morgan fingerprint density at radius 2 is 1.81 bits per heavy atom. The maximum Gasteiger partial charge on any atom is 0.0897 e. The summed E-state index contributed by atoms with van der Waals surface area (Å²) in [5.74, 6) is 1.22. The van der Waals surface area contributed by atoms with Gasteiger partial charge in [-0.25, -0.2) is 0 Å². The van der Waals surface area contributed by atoms with Crippen LogP contribution in [0, 0.1) is 11.8 Å². The van der Waals surface area contributed by atoms with Crippen molar-refractivity contribution in [3.63, 3.8) is 0 Å². The molecule has 0 aliphatic heterocycles. The van der Waals surface area contributed by atoms with Crippen LogP contribution in [0.25, 0.3) is 0 Å². The van der Waals surface area contributed by atoms with Crippen molar-refractivity contribution in [1.29, 1.82) is 0 Å². The molecule has 0 aromatic heterocycles. The van der Waals surface area contributed by atoms with Crippen LogP contribution in [0.1, 0.15) is 40.5 Å². The molecule has 0 saturated heterocycles. The quantitative estimate of drug-likeness (QED) is 0.604. The largest absolute Gasteiger partial charge is 0.389 e. The predicted molar refractivity (Wildman–Crippen MR) is 68.6 cm³/mol. The molecule has 0 aliphatic rings. The van der Waals surface area contributed by atoms with Crippen molar-refractivity contribution < 1.29 is 9.84 Å². The maximum absolute atomic E-state index is 9.62. The van der Waals surface area contributed by atoms with Gasteiger partial charge in [0.15, 0.2) is 0 Å². The van der Waals surface area contributed by atoms with Gasteiger partial charge in [-0.2, -0.15) is 0 Å². The first kappa shape index (κ1) is 15.9. The Labute approximate surface area is 101 Å². The van der Waals surface area contributed by atoms with Gasteiger partial charge in [0.25, 0.3) is 0 Å². The fraction of sp³-hybridized carbons (Fsp3) is 1.00. The van der Waals surface area contributed by atoms with Crippen LogP contribution in [0.4, 0.5) is 0 Å². The van der Waals surface area contributed by atoms with Gasteiger partial charge < -0.3 is 15.2 Å². The molecule has 2 atom stereocenters. The molecule has 98 valence electrons. The number of nitrogens with one attached hydrogen (secondary N) is 1. The lowest BCUT2D eigenvalue weighted by Crippen LogP contribution is -2.32. The number of hydrogen-bond acceptors (Lipinski definition) is 3. The minimum absolute atomic E-state index is 0.382. The fourth-order valence-electron chi connectivity index (χ4n) is 1.58. The molecule has 2 N–H and O–H groups in total. The van der Waals surface area contributed by atoms with Gasteiger partial charge in [-0.3, -0.25) is 0 Å². The van der Waals surface area contributed by atoms with Crippen LogP contribution in [0.15, 0.2) is 0 Å². The van der Waals surface area contributed by atoms with Gasteiger partial charge in [-0.05, 0) is 24.8 Å². The van der Waals surface area contributed by atoms with E-state index >= 15 is 0 Å². The Kier molecular flexibility index (Phi) is 9.99. The average Bonchev–Trinajstić information content (AvgIpc) is 2.17. The predicted octanol–water partition coefficient (Wildman–Crippen LogP) is 2.05. The summed E-state index contributed by atoms with van der Waals surface area (Å²) in [4.78, 5) is 0. The van der Waals surface area contributed by atoms with E-state index in [0.717, 1.165) is 13.2 Å². The van der Waals surface area contributed by atoms with Crippen LogP contribution < -0.4 is 5.32 Å². The average molecular weight is 231 g/mol. The highest BCUT2D eigenvalue weighted by atomic mass is 16.5. The molecule has 0 radical (unpaired) electrons. The second-order valence-electron chi connectivity index (χ2n) is 5.14. The molecule has 0 aromatic rings. The second kappa shape index (κ2) is 10.1. The zero-order valence-corrected chi connectivity index (χ0v) is 11.3. The number of aliphatic hydroxyl groups excluding tert-OH is 1. The van der Waals surface area contributed by atoms with E-state index in [0.29, 0.717) is 25.0 Å². The van der Waals surface area contributed by atoms with Crippen molar-refractivity contribution in [3.05, 3.63) is 0 Å². The topological polar surface area (TPSA) is 41.5 Å². The summed E-state index contributed by atoms with van der Waals surface area (Å²) in [5, 5.41) is 12.8. The summed E-state index contributed by atoms with van der Waals surface area (Å²) in [6, 6.07) is 0. The Balaban J connectivity index is 3.32. The van der Waals surface area contributed by atoms with Gasteiger partial charge in [-0.15, -0.1) is 0 Å². The minimum Gasteiger partial charge on any atom is -0.389 e. The monoisotopic (exact) mass is 231 g/mol. The normalized spacial score (nSPS) is 15.4. The van der Waals surface area contributed by atoms with Crippen molar-refractivity contribution in [3.8, 4) is 0 Å². The SMILES string of the molecule is CCCC(C)COCC(O)CNCC(C)C. The van der Waals surface area contributed by atoms with E-state index in [1.54, 1.807) is 0 Å². The molecular weight excluding hydrogens is 202 g/mol. The lowest BCUT2D eigenvalue weighted by atomic mass is 10.1. The molecule has 3 heteroatoms. The Morgan fingerprint density at radius 3 is 2.38 bits per heavy atom. The molecule has 3 nitrogen and oxygen atoms in total. The molecule has 0 aliphatic carbocycles. The van der Waals surface area contributed by atoms with Crippen LogP contribution in [0.3, 0.4) is 0 Å². The van der Waals surface area contributed by atoms with E-state index in [4.69, 9.17) is 4.74 Å². The zero-order chi connectivity index (χ0) is 12.4. The lowest BCUT2D eigenvalue weighted by Gasteiger charge is -2.15. The van der Waals surface area contributed by atoms with Crippen LogP contribution in [-0.2, 0) is 4.74 Å². The van der Waals surface area contributed by atoms with Crippen molar-refractivity contribution >= 4 is 0 Å². The van der Waals surface area contributed by atoms with E-state index in [-0.39, 0.29) is 6.10 Å². The summed E-state index contributed by atoms with van der Waals surface area (Å²) in [6.07, 6.45) is 2.01. The van der Waals surface area contributed by atoms with E-state index in [1.165, 1.54) is 12.8 Å². The molecular formula is C13H29NO2. The molecule has 0 rings (SSSR count). The summed E-state index contributed by atoms with van der Waals surface area (Å²) in [7, 11) is 0. The van der Waals surface area contributed by atoms with Crippen molar-refractivity contribution in [1.82, 2.24) is 5.32 Å². The maximum atomic E-state index is 9.62. The van der Waals surface area contributed by atoms with Crippen LogP contribution >= 0.6 is 0 Å². The Hall–Kier alpha value is -0.120. The number of hydrogen-bond donors (Lipinski definition) is 2. The molecule has 2 unspecified atom stereocenters. The molecule has 16 heavy (non-hydrogen) atoms. The molecule has 0 spiro atoms. The fourth-order valence-corrected chi connectivity index (χ4v) is 1.58. The summed E-state index contributed by atoms with van der Waals surface area (Å²) >= 11 is 0. The van der Waals surface area contributed by atoms with Gasteiger partial charge >= 0.3 is 0 Å². The lowest BCUT2D eigenvalue weighted by molar-refractivity contribution is 0.0225. The summed E-state index contributed by atoms with van der Waals surface area (Å²) < 4.78 is 5.48. The third kappa shape index (κ3) is 10.4. The van der Waals surface area contributed by atoms with Gasteiger partial charge in [0.05, 0.1) is 12.7 Å². The Bertz CT molecular complexity index is 151. The van der Waals surface area contributed by atoms with Crippen LogP contribution in [-0.4, -0.2) is 37.5 Å². The smallest absolute Gasteiger partial charge is 0.0897 e. The van der Waals surface area contributed by atoms with Crippen LogP contribution in [0.5, 0.6) is 0 Å². The summed E-state index contributed by atoms with van der Waals surface area (Å²) in [5.41, 5.74) is 0. The minimum atomic E-state index is -0.382. The first-order valence-electron chi connectivity index (χ1n) is 6.52. The van der Waals surface area contributed by atoms with Gasteiger partial charge in [0.1, 0.15) is 0 Å². The first-order chi connectivity index (χ1) is 7.56. The zero-order valence-electron chi connectivity index (χ0n) is 11.3. The Morgan fingerprint density at radius 1 is 1.12 bits per heavy atom. The van der Waals surface area contributed by atoms with Gasteiger partial charge in [-0.1, -0.05) is 34.1 Å². The first-order valence-corrected chi connectivity index (χ1v) is 6.52. The third-order valence-electron chi connectivity index (χ3n) is 2.43. The highest BCUT2D eigenvalue weighted by molar-refractivity contribution is 4.60. The summed E-state index contributed by atoms with van der Waals surface area (Å²) in [6.45, 7) is 11.5. The van der Waals surface area contributed by atoms with Crippen molar-refractivity contribution in [2.75, 3.05) is 26.3 Å². The molecule has 0 bridgehead atoms. The molecule has 0 amide bonds. The van der Waals surface area contributed by atoms with Crippen molar-refractivity contribution in [2.45, 2.75) is 46.6 Å². The van der Waals surface area contributed by atoms with E-state index in [9.17, 15) is 5.11 Å². The number of rotatable bonds is 10. The number of aliphatic hydroxyl groups is 1. The van der Waals surface area contributed by atoms with Gasteiger partial charge in [0.2, 0.25) is 0 Å². The molecule has 0 fully saturated rings. The van der Waals surface area contributed by atoms with Crippen LogP contribution in [0.2, 0.25) is 0 Å². The highest BCUT2D eigenvalue weighted by Crippen LogP contribution is 2.05.